The molecule has 120 valence electrons. The number of methoxy groups -OCH3 is 1. The van der Waals surface area contributed by atoms with Crippen molar-refractivity contribution in [1.82, 2.24) is 19.6 Å². The summed E-state index contributed by atoms with van der Waals surface area (Å²) in [4.78, 5) is 0. The lowest BCUT2D eigenvalue weighted by Crippen LogP contribution is -2.42. The van der Waals surface area contributed by atoms with E-state index in [0.29, 0.717) is 10.6 Å². The Balaban J connectivity index is 2.06. The zero-order valence-corrected chi connectivity index (χ0v) is 13.3. The van der Waals surface area contributed by atoms with Crippen LogP contribution >= 0.6 is 11.6 Å². The summed E-state index contributed by atoms with van der Waals surface area (Å²) in [5.74, 6) is 0. The van der Waals surface area contributed by atoms with Crippen molar-refractivity contribution in [2.24, 2.45) is 0 Å². The molecule has 7 heteroatoms. The fourth-order valence-corrected chi connectivity index (χ4v) is 2.76. The first-order valence-electron chi connectivity index (χ1n) is 7.11. The van der Waals surface area contributed by atoms with E-state index in [4.69, 9.17) is 16.3 Å². The lowest BCUT2D eigenvalue weighted by Gasteiger charge is -2.35. The van der Waals surface area contributed by atoms with E-state index in [-0.39, 0.29) is 6.54 Å². The lowest BCUT2D eigenvalue weighted by molar-refractivity contribution is -0.153. The zero-order chi connectivity index (χ0) is 16.3. The monoisotopic (exact) mass is 332 g/mol. The van der Waals surface area contributed by atoms with Gasteiger partial charge in [-0.2, -0.15) is 10.2 Å². The second-order valence-electron chi connectivity index (χ2n) is 5.21. The number of nitrogens with zero attached hydrogens (tertiary/aromatic N) is 4. The van der Waals surface area contributed by atoms with Gasteiger partial charge in [-0.05, 0) is 29.8 Å². The quantitative estimate of drug-likeness (QED) is 0.753. The largest absolute Gasteiger partial charge is 0.378 e. The summed E-state index contributed by atoms with van der Waals surface area (Å²) in [5, 5.41) is 20.5. The molecule has 6 nitrogen and oxygen atoms in total. The van der Waals surface area contributed by atoms with Crippen LogP contribution in [-0.2, 0) is 16.9 Å². The van der Waals surface area contributed by atoms with Crippen LogP contribution in [0.2, 0.25) is 5.02 Å². The summed E-state index contributed by atoms with van der Waals surface area (Å²) in [6.45, 7) is 0.208. The Morgan fingerprint density at radius 1 is 1.17 bits per heavy atom. The molecule has 0 aliphatic heterocycles. The van der Waals surface area contributed by atoms with E-state index in [1.165, 1.54) is 7.11 Å². The third kappa shape index (κ3) is 3.14. The molecule has 0 saturated carbocycles. The predicted molar refractivity (Wildman–Crippen MR) is 85.8 cm³/mol. The second kappa shape index (κ2) is 6.54. The van der Waals surface area contributed by atoms with Crippen molar-refractivity contribution < 1.29 is 9.84 Å². The van der Waals surface area contributed by atoms with Crippen LogP contribution < -0.4 is 0 Å². The molecule has 1 N–H and O–H groups in total. The van der Waals surface area contributed by atoms with Gasteiger partial charge in [-0.1, -0.05) is 23.7 Å². The third-order valence-electron chi connectivity index (χ3n) is 3.70. The van der Waals surface area contributed by atoms with E-state index in [1.54, 1.807) is 70.5 Å². The van der Waals surface area contributed by atoms with E-state index in [9.17, 15) is 5.11 Å². The van der Waals surface area contributed by atoms with Crippen molar-refractivity contribution >= 4 is 11.6 Å². The standard InChI is InChI=1S/C16H17ClN4O2/c1-23-15(21-11-3-9-19-21)16(22,12-20-10-2-8-18-20)13-4-6-14(17)7-5-13/h2-11,15,22H,12H2,1H3/t15-,16+/m1/s1. The zero-order valence-electron chi connectivity index (χ0n) is 12.6. The second-order valence-corrected chi connectivity index (χ2v) is 5.65. The molecule has 0 unspecified atom stereocenters. The highest BCUT2D eigenvalue weighted by Crippen LogP contribution is 2.35. The molecule has 0 spiro atoms. The van der Waals surface area contributed by atoms with Crippen LogP contribution in [0.3, 0.4) is 0 Å². The molecule has 3 rings (SSSR count). The number of benzene rings is 1. The fraction of sp³-hybridized carbons (Fsp3) is 0.250. The van der Waals surface area contributed by atoms with Crippen LogP contribution in [0, 0.1) is 0 Å². The van der Waals surface area contributed by atoms with Gasteiger partial charge in [-0.25, -0.2) is 4.68 Å². The van der Waals surface area contributed by atoms with Crippen LogP contribution in [0.4, 0.5) is 0 Å². The van der Waals surface area contributed by atoms with E-state index in [0.717, 1.165) is 0 Å². The van der Waals surface area contributed by atoms with Gasteiger partial charge in [0.15, 0.2) is 11.8 Å². The van der Waals surface area contributed by atoms with E-state index in [1.807, 2.05) is 0 Å². The average molecular weight is 333 g/mol. The minimum absolute atomic E-state index is 0.208. The minimum atomic E-state index is -1.38. The number of rotatable bonds is 6. The predicted octanol–water partition coefficient (Wildman–Crippen LogP) is 2.47. The number of aliphatic hydroxyl groups is 1. The highest BCUT2D eigenvalue weighted by molar-refractivity contribution is 6.30. The van der Waals surface area contributed by atoms with Gasteiger partial charge >= 0.3 is 0 Å². The molecule has 0 fully saturated rings. The number of ether oxygens (including phenoxy) is 1. The summed E-state index contributed by atoms with van der Waals surface area (Å²) in [7, 11) is 1.54. The van der Waals surface area contributed by atoms with Crippen LogP contribution in [0.1, 0.15) is 11.8 Å². The Kier molecular flexibility index (Phi) is 4.47. The molecule has 2 atom stereocenters. The molecule has 3 aromatic rings. The molecule has 23 heavy (non-hydrogen) atoms. The molecule has 1 aromatic carbocycles. The van der Waals surface area contributed by atoms with Gasteiger partial charge in [-0.3, -0.25) is 4.68 Å². The molecular formula is C16H17ClN4O2. The SMILES string of the molecule is CO[C@@H](n1cccn1)[C@](O)(Cn1cccn1)c1ccc(Cl)cc1. The van der Waals surface area contributed by atoms with Crippen LogP contribution in [0.25, 0.3) is 0 Å². The number of hydrogen-bond acceptors (Lipinski definition) is 4. The van der Waals surface area contributed by atoms with Crippen molar-refractivity contribution in [2.75, 3.05) is 7.11 Å². The van der Waals surface area contributed by atoms with Crippen molar-refractivity contribution in [3.05, 3.63) is 71.8 Å². The highest BCUT2D eigenvalue weighted by atomic mass is 35.5. The number of aromatic nitrogens is 4. The molecule has 2 aromatic heterocycles. The van der Waals surface area contributed by atoms with Crippen LogP contribution in [-0.4, -0.2) is 31.8 Å². The Labute approximate surface area is 138 Å². The maximum Gasteiger partial charge on any atom is 0.184 e. The molecule has 2 heterocycles. The van der Waals surface area contributed by atoms with Crippen molar-refractivity contribution in [1.29, 1.82) is 0 Å². The summed E-state index contributed by atoms with van der Waals surface area (Å²) >= 11 is 5.97. The smallest absolute Gasteiger partial charge is 0.184 e. The first kappa shape index (κ1) is 15.7. The molecule has 0 bridgehead atoms. The normalized spacial score (nSPS) is 15.3. The van der Waals surface area contributed by atoms with E-state index >= 15 is 0 Å². The van der Waals surface area contributed by atoms with Crippen molar-refractivity contribution in [3.63, 3.8) is 0 Å². The van der Waals surface area contributed by atoms with Gasteiger partial charge in [0.2, 0.25) is 0 Å². The molecule has 0 amide bonds. The van der Waals surface area contributed by atoms with Gasteiger partial charge in [0.05, 0.1) is 6.54 Å². The maximum absolute atomic E-state index is 11.5. The van der Waals surface area contributed by atoms with Crippen molar-refractivity contribution in [3.8, 4) is 0 Å². The van der Waals surface area contributed by atoms with Crippen molar-refractivity contribution in [2.45, 2.75) is 18.4 Å². The molecule has 0 saturated heterocycles. The van der Waals surface area contributed by atoms with E-state index < -0.39 is 11.8 Å². The third-order valence-corrected chi connectivity index (χ3v) is 3.96. The summed E-state index contributed by atoms with van der Waals surface area (Å²) < 4.78 is 8.81. The van der Waals surface area contributed by atoms with Gasteiger partial charge in [0, 0.05) is 36.9 Å². The molecular weight excluding hydrogens is 316 g/mol. The number of halogens is 1. The summed E-state index contributed by atoms with van der Waals surface area (Å²) in [6, 6.07) is 10.6. The van der Waals surface area contributed by atoms with Gasteiger partial charge in [0.25, 0.3) is 0 Å². The Bertz CT molecular complexity index is 728. The summed E-state index contributed by atoms with van der Waals surface area (Å²) in [5.41, 5.74) is -0.711. The van der Waals surface area contributed by atoms with Crippen LogP contribution in [0.5, 0.6) is 0 Å². The fourth-order valence-electron chi connectivity index (χ4n) is 2.63. The highest BCUT2D eigenvalue weighted by Gasteiger charge is 2.41. The first-order valence-corrected chi connectivity index (χ1v) is 7.49. The molecule has 0 aliphatic rings. The van der Waals surface area contributed by atoms with E-state index in [2.05, 4.69) is 10.2 Å². The van der Waals surface area contributed by atoms with Crippen LogP contribution in [0.15, 0.2) is 61.2 Å². The Morgan fingerprint density at radius 2 is 1.87 bits per heavy atom. The van der Waals surface area contributed by atoms with Gasteiger partial charge < -0.3 is 9.84 Å². The summed E-state index contributed by atoms with van der Waals surface area (Å²) in [6.07, 6.45) is 6.12. The topological polar surface area (TPSA) is 65.1 Å². The Hall–Kier alpha value is -2.15. The molecule has 0 aliphatic carbocycles. The average Bonchev–Trinajstić information content (AvgIpc) is 3.22. The first-order chi connectivity index (χ1) is 11.1. The van der Waals surface area contributed by atoms with Gasteiger partial charge in [-0.15, -0.1) is 0 Å². The maximum atomic E-state index is 11.5. The van der Waals surface area contributed by atoms with Gasteiger partial charge in [0.1, 0.15) is 0 Å². The lowest BCUT2D eigenvalue weighted by atomic mass is 9.91. The molecule has 0 radical (unpaired) electrons. The minimum Gasteiger partial charge on any atom is -0.378 e. The Morgan fingerprint density at radius 3 is 2.43 bits per heavy atom. The number of hydrogen-bond donors (Lipinski definition) is 1.